The van der Waals surface area contributed by atoms with Gasteiger partial charge >= 0.3 is 5.97 Å². The predicted octanol–water partition coefficient (Wildman–Crippen LogP) is 1.56. The van der Waals surface area contributed by atoms with Crippen LogP contribution in [0.4, 0.5) is 4.39 Å². The first-order valence-corrected chi connectivity index (χ1v) is 5.48. The summed E-state index contributed by atoms with van der Waals surface area (Å²) >= 11 is 1.32. The van der Waals surface area contributed by atoms with Gasteiger partial charge in [0.05, 0.1) is 0 Å². The topological polar surface area (TPSA) is 63.3 Å². The average molecular weight is 227 g/mol. The number of carboxylic acids is 1. The first kappa shape index (κ1) is 10.4. The zero-order chi connectivity index (χ0) is 11.1. The molecule has 3 N–H and O–H groups in total. The van der Waals surface area contributed by atoms with Crippen LogP contribution in [0.25, 0.3) is 0 Å². The number of hydrogen-bond donors (Lipinski definition) is 2. The van der Waals surface area contributed by atoms with Gasteiger partial charge in [0.1, 0.15) is 11.4 Å². The van der Waals surface area contributed by atoms with Crippen LogP contribution in [-0.4, -0.2) is 16.8 Å². The first-order valence-electron chi connectivity index (χ1n) is 4.50. The molecular weight excluding hydrogens is 217 g/mol. The van der Waals surface area contributed by atoms with E-state index in [4.69, 9.17) is 10.8 Å². The Balaban J connectivity index is 2.61. The second kappa shape index (κ2) is 3.50. The summed E-state index contributed by atoms with van der Waals surface area (Å²) in [4.78, 5) is 11.5. The summed E-state index contributed by atoms with van der Waals surface area (Å²) < 4.78 is 13.4. The second-order valence-corrected chi connectivity index (χ2v) is 4.60. The highest BCUT2D eigenvalue weighted by atomic mass is 32.2. The smallest absolute Gasteiger partial charge is 0.328 e. The normalized spacial score (nSPS) is 24.7. The lowest BCUT2D eigenvalue weighted by Gasteiger charge is -2.31. The summed E-state index contributed by atoms with van der Waals surface area (Å²) in [5.41, 5.74) is 4.74. The van der Waals surface area contributed by atoms with Gasteiger partial charge in [0.25, 0.3) is 0 Å². The minimum absolute atomic E-state index is 0.323. The molecule has 1 unspecified atom stereocenters. The molecule has 0 aliphatic carbocycles. The SMILES string of the molecule is NC1(C(=O)O)CCSc2c(F)cccc21. The molecule has 0 spiro atoms. The molecule has 0 saturated heterocycles. The lowest BCUT2D eigenvalue weighted by molar-refractivity contribution is -0.144. The number of carbonyl (C=O) groups is 1. The fourth-order valence-electron chi connectivity index (χ4n) is 1.68. The lowest BCUT2D eigenvalue weighted by atomic mass is 9.88. The highest BCUT2D eigenvalue weighted by Crippen LogP contribution is 2.40. The molecule has 0 amide bonds. The van der Waals surface area contributed by atoms with Crippen LogP contribution in [0, 0.1) is 5.82 Å². The summed E-state index contributed by atoms with van der Waals surface area (Å²) in [5.74, 6) is -0.973. The van der Waals surface area contributed by atoms with Gasteiger partial charge in [-0.05, 0) is 18.1 Å². The third kappa shape index (κ3) is 1.52. The third-order valence-electron chi connectivity index (χ3n) is 2.57. The molecule has 1 aromatic carbocycles. The summed E-state index contributed by atoms with van der Waals surface area (Å²) in [5, 5.41) is 9.08. The summed E-state index contributed by atoms with van der Waals surface area (Å²) in [7, 11) is 0. The molecule has 1 aliphatic heterocycles. The van der Waals surface area contributed by atoms with Gasteiger partial charge in [-0.25, -0.2) is 9.18 Å². The number of thioether (sulfide) groups is 1. The molecule has 80 valence electrons. The summed E-state index contributed by atoms with van der Waals surface area (Å²) in [6.07, 6.45) is 0.323. The molecule has 0 fully saturated rings. The van der Waals surface area contributed by atoms with E-state index in [1.807, 2.05) is 0 Å². The number of rotatable bonds is 1. The van der Waals surface area contributed by atoms with E-state index in [9.17, 15) is 9.18 Å². The molecule has 1 aromatic rings. The largest absolute Gasteiger partial charge is 0.480 e. The van der Waals surface area contributed by atoms with Crippen LogP contribution in [0.2, 0.25) is 0 Å². The Hall–Kier alpha value is -1.07. The molecule has 1 atom stereocenters. The van der Waals surface area contributed by atoms with Crippen molar-refractivity contribution in [2.75, 3.05) is 5.75 Å². The van der Waals surface area contributed by atoms with Crippen molar-refractivity contribution in [1.82, 2.24) is 0 Å². The number of benzene rings is 1. The highest BCUT2D eigenvalue weighted by molar-refractivity contribution is 7.99. The number of carboxylic acid groups (broad SMARTS) is 1. The third-order valence-corrected chi connectivity index (χ3v) is 3.68. The number of fused-ring (bicyclic) bond motifs is 1. The van der Waals surface area contributed by atoms with Crippen molar-refractivity contribution in [2.45, 2.75) is 16.9 Å². The van der Waals surface area contributed by atoms with Crippen LogP contribution in [0.5, 0.6) is 0 Å². The number of hydrogen-bond acceptors (Lipinski definition) is 3. The van der Waals surface area contributed by atoms with Crippen molar-refractivity contribution >= 4 is 17.7 Å². The Morgan fingerprint density at radius 1 is 1.60 bits per heavy atom. The maximum atomic E-state index is 13.4. The number of halogens is 1. The first-order chi connectivity index (χ1) is 7.05. The molecule has 0 saturated carbocycles. The molecular formula is C10H10FNO2S. The average Bonchev–Trinajstić information content (AvgIpc) is 2.20. The Morgan fingerprint density at radius 2 is 2.33 bits per heavy atom. The van der Waals surface area contributed by atoms with E-state index in [1.165, 1.54) is 23.9 Å². The van der Waals surface area contributed by atoms with E-state index >= 15 is 0 Å². The van der Waals surface area contributed by atoms with Crippen LogP contribution in [0.3, 0.4) is 0 Å². The standard InChI is InChI=1S/C10H10FNO2S/c11-7-3-1-2-6-8(7)15-5-4-10(6,12)9(13)14/h1-3H,4-5,12H2,(H,13,14). The van der Waals surface area contributed by atoms with E-state index in [0.717, 1.165) is 0 Å². The van der Waals surface area contributed by atoms with E-state index < -0.39 is 17.3 Å². The Bertz CT molecular complexity index is 424. The Morgan fingerprint density at radius 3 is 3.00 bits per heavy atom. The van der Waals surface area contributed by atoms with Crippen molar-refractivity contribution in [1.29, 1.82) is 0 Å². The second-order valence-electron chi connectivity index (χ2n) is 3.49. The Labute approximate surface area is 90.5 Å². The fourth-order valence-corrected chi connectivity index (χ4v) is 2.92. The van der Waals surface area contributed by atoms with Crippen LogP contribution in [-0.2, 0) is 10.3 Å². The minimum Gasteiger partial charge on any atom is -0.480 e. The van der Waals surface area contributed by atoms with E-state index in [1.54, 1.807) is 6.07 Å². The van der Waals surface area contributed by atoms with Gasteiger partial charge < -0.3 is 10.8 Å². The van der Waals surface area contributed by atoms with Gasteiger partial charge in [0.15, 0.2) is 0 Å². The van der Waals surface area contributed by atoms with Crippen LogP contribution in [0.1, 0.15) is 12.0 Å². The molecule has 3 nitrogen and oxygen atoms in total. The Kier molecular flexibility index (Phi) is 2.44. The molecule has 1 aliphatic rings. The summed E-state index contributed by atoms with van der Waals surface area (Å²) in [6.45, 7) is 0. The zero-order valence-corrected chi connectivity index (χ0v) is 8.68. The van der Waals surface area contributed by atoms with Crippen molar-refractivity contribution in [3.63, 3.8) is 0 Å². The fraction of sp³-hybridized carbons (Fsp3) is 0.300. The van der Waals surface area contributed by atoms with E-state index in [-0.39, 0.29) is 0 Å². The molecule has 0 radical (unpaired) electrons. The van der Waals surface area contributed by atoms with Gasteiger partial charge in [-0.15, -0.1) is 11.8 Å². The number of nitrogens with two attached hydrogens (primary N) is 1. The van der Waals surface area contributed by atoms with Gasteiger partial charge in [0.2, 0.25) is 0 Å². The van der Waals surface area contributed by atoms with Crippen LogP contribution < -0.4 is 5.73 Å². The zero-order valence-electron chi connectivity index (χ0n) is 7.87. The quantitative estimate of drug-likeness (QED) is 0.764. The monoisotopic (exact) mass is 227 g/mol. The van der Waals surface area contributed by atoms with Gasteiger partial charge in [-0.3, -0.25) is 0 Å². The molecule has 5 heteroatoms. The molecule has 2 rings (SSSR count). The van der Waals surface area contributed by atoms with Crippen molar-refractivity contribution in [3.05, 3.63) is 29.6 Å². The van der Waals surface area contributed by atoms with E-state index in [0.29, 0.717) is 22.6 Å². The van der Waals surface area contributed by atoms with Crippen molar-refractivity contribution < 1.29 is 14.3 Å². The maximum Gasteiger partial charge on any atom is 0.328 e. The minimum atomic E-state index is -1.44. The predicted molar refractivity (Wildman–Crippen MR) is 55.2 cm³/mol. The molecule has 1 heterocycles. The van der Waals surface area contributed by atoms with Gasteiger partial charge in [-0.1, -0.05) is 12.1 Å². The van der Waals surface area contributed by atoms with Crippen LogP contribution in [0.15, 0.2) is 23.1 Å². The van der Waals surface area contributed by atoms with Gasteiger partial charge in [0, 0.05) is 10.6 Å². The van der Waals surface area contributed by atoms with Crippen molar-refractivity contribution in [2.24, 2.45) is 5.73 Å². The molecule has 0 bridgehead atoms. The van der Waals surface area contributed by atoms with E-state index in [2.05, 4.69) is 0 Å². The van der Waals surface area contributed by atoms with Crippen molar-refractivity contribution in [3.8, 4) is 0 Å². The highest BCUT2D eigenvalue weighted by Gasteiger charge is 2.41. The number of aliphatic carboxylic acids is 1. The lowest BCUT2D eigenvalue weighted by Crippen LogP contribution is -2.47. The molecule has 15 heavy (non-hydrogen) atoms. The van der Waals surface area contributed by atoms with Crippen LogP contribution >= 0.6 is 11.8 Å². The van der Waals surface area contributed by atoms with Gasteiger partial charge in [-0.2, -0.15) is 0 Å². The summed E-state index contributed by atoms with van der Waals surface area (Å²) in [6, 6.07) is 4.39. The maximum absolute atomic E-state index is 13.4. The molecule has 0 aromatic heterocycles.